The van der Waals surface area contributed by atoms with Gasteiger partial charge < -0.3 is 14.2 Å². The smallest absolute Gasteiger partial charge is 0.0691 e. The quantitative estimate of drug-likeness (QED) is 0.735. The molecule has 0 spiro atoms. The molecule has 96 valence electrons. The summed E-state index contributed by atoms with van der Waals surface area (Å²) >= 11 is 0. The number of hydrogen-bond donors (Lipinski definition) is 0. The van der Waals surface area contributed by atoms with Crippen LogP contribution in [-0.4, -0.2) is 37.6 Å². The Kier molecular flexibility index (Phi) is 2.34. The van der Waals surface area contributed by atoms with Crippen LogP contribution in [0.4, 0.5) is 0 Å². The fourth-order valence-electron chi connectivity index (χ4n) is 4.90. The van der Waals surface area contributed by atoms with Crippen LogP contribution >= 0.6 is 0 Å². The van der Waals surface area contributed by atoms with Crippen molar-refractivity contribution in [2.24, 2.45) is 23.7 Å². The lowest BCUT2D eigenvalue weighted by molar-refractivity contribution is -0.0446. The third-order valence-electron chi connectivity index (χ3n) is 5.54. The molecule has 2 bridgehead atoms. The lowest BCUT2D eigenvalue weighted by Crippen LogP contribution is -2.42. The fraction of sp³-hybridized carbons (Fsp3) is 1.00. The minimum absolute atomic E-state index is 0.430. The number of fused-ring (bicyclic) bond motifs is 8. The lowest BCUT2D eigenvalue weighted by Gasteiger charge is -2.31. The van der Waals surface area contributed by atoms with Crippen molar-refractivity contribution in [3.63, 3.8) is 0 Å². The molecule has 4 aliphatic heterocycles. The van der Waals surface area contributed by atoms with Crippen molar-refractivity contribution in [2.45, 2.75) is 51.1 Å². The van der Waals surface area contributed by atoms with E-state index < -0.39 is 0 Å². The molecule has 0 aromatic rings. The average Bonchev–Trinajstić information content (AvgIpc) is 3.05. The molecule has 0 amide bonds. The standard InChI is InChI=1S/C14H22O3/c1-3-9-11-12(10(4-2)16-9)14-8-6-15-5-7(8)13(11)17-14/h7-14H,3-6H2,1-2H3. The van der Waals surface area contributed by atoms with Crippen molar-refractivity contribution < 1.29 is 14.2 Å². The zero-order valence-corrected chi connectivity index (χ0v) is 10.7. The van der Waals surface area contributed by atoms with Crippen molar-refractivity contribution in [3.8, 4) is 0 Å². The number of rotatable bonds is 2. The maximum absolute atomic E-state index is 6.31. The summed E-state index contributed by atoms with van der Waals surface area (Å²) in [6.45, 7) is 6.33. The van der Waals surface area contributed by atoms with E-state index in [0.717, 1.165) is 26.1 Å². The van der Waals surface area contributed by atoms with Crippen LogP contribution < -0.4 is 0 Å². The predicted molar refractivity (Wildman–Crippen MR) is 62.7 cm³/mol. The van der Waals surface area contributed by atoms with Crippen LogP contribution in [0, 0.1) is 23.7 Å². The second-order valence-corrected chi connectivity index (χ2v) is 6.11. The van der Waals surface area contributed by atoms with E-state index in [1.165, 1.54) is 0 Å². The van der Waals surface area contributed by atoms with Gasteiger partial charge in [0.05, 0.1) is 37.6 Å². The van der Waals surface area contributed by atoms with Gasteiger partial charge in [-0.3, -0.25) is 0 Å². The van der Waals surface area contributed by atoms with Crippen LogP contribution in [0.25, 0.3) is 0 Å². The summed E-state index contributed by atoms with van der Waals surface area (Å²) in [6.07, 6.45) is 3.98. The molecular formula is C14H22O3. The topological polar surface area (TPSA) is 27.7 Å². The monoisotopic (exact) mass is 238 g/mol. The third kappa shape index (κ3) is 1.23. The largest absolute Gasteiger partial charge is 0.381 e. The summed E-state index contributed by atoms with van der Waals surface area (Å²) in [5.41, 5.74) is 0. The van der Waals surface area contributed by atoms with Crippen molar-refractivity contribution in [1.29, 1.82) is 0 Å². The number of hydrogen-bond acceptors (Lipinski definition) is 3. The van der Waals surface area contributed by atoms with E-state index >= 15 is 0 Å². The molecule has 0 aromatic carbocycles. The Morgan fingerprint density at radius 2 is 1.35 bits per heavy atom. The molecule has 8 unspecified atom stereocenters. The van der Waals surface area contributed by atoms with Crippen LogP contribution in [0.1, 0.15) is 26.7 Å². The zero-order chi connectivity index (χ0) is 11.6. The minimum atomic E-state index is 0.430. The summed E-state index contributed by atoms with van der Waals surface area (Å²) in [4.78, 5) is 0. The Morgan fingerprint density at radius 3 is 1.82 bits per heavy atom. The molecule has 3 heteroatoms. The molecule has 0 saturated carbocycles. The van der Waals surface area contributed by atoms with E-state index in [1.807, 2.05) is 0 Å². The molecule has 0 aliphatic carbocycles. The van der Waals surface area contributed by atoms with Crippen LogP contribution in [-0.2, 0) is 14.2 Å². The van der Waals surface area contributed by atoms with E-state index in [9.17, 15) is 0 Å². The molecule has 3 nitrogen and oxygen atoms in total. The summed E-state index contributed by atoms with van der Waals surface area (Å²) in [5, 5.41) is 0. The van der Waals surface area contributed by atoms with Gasteiger partial charge in [-0.15, -0.1) is 0 Å². The maximum Gasteiger partial charge on any atom is 0.0691 e. The molecular weight excluding hydrogens is 216 g/mol. The highest BCUT2D eigenvalue weighted by Gasteiger charge is 2.66. The second kappa shape index (κ2) is 3.69. The Balaban J connectivity index is 1.67. The summed E-state index contributed by atoms with van der Waals surface area (Å²) in [7, 11) is 0. The zero-order valence-electron chi connectivity index (χ0n) is 10.7. The molecule has 4 rings (SSSR count). The van der Waals surface area contributed by atoms with Crippen LogP contribution in [0.2, 0.25) is 0 Å². The molecule has 0 radical (unpaired) electrons. The van der Waals surface area contributed by atoms with Crippen molar-refractivity contribution in [2.75, 3.05) is 13.2 Å². The van der Waals surface area contributed by atoms with Crippen molar-refractivity contribution >= 4 is 0 Å². The van der Waals surface area contributed by atoms with Crippen LogP contribution in [0.3, 0.4) is 0 Å². The van der Waals surface area contributed by atoms with Crippen LogP contribution in [0.5, 0.6) is 0 Å². The van der Waals surface area contributed by atoms with Crippen molar-refractivity contribution in [1.82, 2.24) is 0 Å². The van der Waals surface area contributed by atoms with Gasteiger partial charge in [0.15, 0.2) is 0 Å². The van der Waals surface area contributed by atoms with Gasteiger partial charge in [0.25, 0.3) is 0 Å². The van der Waals surface area contributed by atoms with Gasteiger partial charge in [0.1, 0.15) is 0 Å². The van der Waals surface area contributed by atoms with Crippen molar-refractivity contribution in [3.05, 3.63) is 0 Å². The summed E-state index contributed by atoms with van der Waals surface area (Å²) in [5.74, 6) is 2.62. The van der Waals surface area contributed by atoms with Gasteiger partial charge in [-0.25, -0.2) is 0 Å². The first kappa shape index (κ1) is 10.8. The highest BCUT2D eigenvalue weighted by atomic mass is 16.6. The molecule has 17 heavy (non-hydrogen) atoms. The highest BCUT2D eigenvalue weighted by Crippen LogP contribution is 2.58. The van der Waals surface area contributed by atoms with Gasteiger partial charge in [-0.2, -0.15) is 0 Å². The van der Waals surface area contributed by atoms with Gasteiger partial charge in [0, 0.05) is 23.7 Å². The SMILES string of the molecule is CCC1OC(CC)C2C3OC(C4COCC43)C12. The van der Waals surface area contributed by atoms with Gasteiger partial charge in [-0.05, 0) is 12.8 Å². The first-order valence-electron chi connectivity index (χ1n) is 7.23. The van der Waals surface area contributed by atoms with Crippen LogP contribution in [0.15, 0.2) is 0 Å². The Morgan fingerprint density at radius 1 is 0.824 bits per heavy atom. The second-order valence-electron chi connectivity index (χ2n) is 6.11. The normalized spacial score (nSPS) is 59.6. The molecule has 0 N–H and O–H groups in total. The first-order chi connectivity index (χ1) is 8.35. The highest BCUT2D eigenvalue weighted by molar-refractivity contribution is 5.12. The molecule has 4 aliphatic rings. The molecule has 0 aromatic heterocycles. The predicted octanol–water partition coefficient (Wildman–Crippen LogP) is 1.85. The van der Waals surface area contributed by atoms with E-state index in [-0.39, 0.29) is 0 Å². The fourth-order valence-corrected chi connectivity index (χ4v) is 4.90. The molecule has 4 saturated heterocycles. The van der Waals surface area contributed by atoms with E-state index in [4.69, 9.17) is 14.2 Å². The first-order valence-corrected chi connectivity index (χ1v) is 7.23. The molecule has 4 heterocycles. The van der Waals surface area contributed by atoms with Gasteiger partial charge in [0.2, 0.25) is 0 Å². The van der Waals surface area contributed by atoms with E-state index in [0.29, 0.717) is 48.1 Å². The lowest BCUT2D eigenvalue weighted by atomic mass is 9.67. The van der Waals surface area contributed by atoms with E-state index in [2.05, 4.69) is 13.8 Å². The maximum atomic E-state index is 6.31. The summed E-state index contributed by atoms with van der Waals surface area (Å²) < 4.78 is 18.2. The average molecular weight is 238 g/mol. The third-order valence-corrected chi connectivity index (χ3v) is 5.54. The Hall–Kier alpha value is -0.120. The Bertz CT molecular complexity index is 291. The molecule has 4 fully saturated rings. The summed E-state index contributed by atoms with van der Waals surface area (Å²) in [6, 6.07) is 0. The minimum Gasteiger partial charge on any atom is -0.381 e. The number of ether oxygens (including phenoxy) is 3. The van der Waals surface area contributed by atoms with Gasteiger partial charge in [-0.1, -0.05) is 13.8 Å². The van der Waals surface area contributed by atoms with Gasteiger partial charge >= 0.3 is 0 Å². The van der Waals surface area contributed by atoms with E-state index in [1.54, 1.807) is 0 Å². The molecule has 8 atom stereocenters. The Labute approximate surface area is 103 Å².